The van der Waals surface area contributed by atoms with E-state index >= 15 is 0 Å². The van der Waals surface area contributed by atoms with Gasteiger partial charge in [-0.3, -0.25) is 0 Å². The zero-order chi connectivity index (χ0) is 9.80. The van der Waals surface area contributed by atoms with E-state index in [1.807, 2.05) is 36.4 Å². The molecule has 1 aromatic carbocycles. The summed E-state index contributed by atoms with van der Waals surface area (Å²) >= 11 is 0. The van der Waals surface area contributed by atoms with Crippen LogP contribution in [0.2, 0.25) is 0 Å². The van der Waals surface area contributed by atoms with Gasteiger partial charge in [0.05, 0.1) is 12.7 Å². The number of ether oxygens (including phenoxy) is 1. The number of aliphatic hydroxyl groups is 1. The lowest BCUT2D eigenvalue weighted by Gasteiger charge is -2.20. The molecule has 1 unspecified atom stereocenters. The fraction of sp³-hybridized carbons (Fsp3) is 0.333. The molecule has 1 aliphatic heterocycles. The summed E-state index contributed by atoms with van der Waals surface area (Å²) in [5, 5.41) is 9.68. The smallest absolute Gasteiger partial charge is 0.0797 e. The van der Waals surface area contributed by atoms with Gasteiger partial charge in [-0.1, -0.05) is 36.4 Å². The lowest BCUT2D eigenvalue weighted by molar-refractivity contribution is 0.0599. The first-order valence-corrected chi connectivity index (χ1v) is 4.87. The molecule has 1 aliphatic rings. The van der Waals surface area contributed by atoms with Crippen molar-refractivity contribution in [2.24, 2.45) is 0 Å². The number of hydrogen-bond donors (Lipinski definition) is 1. The van der Waals surface area contributed by atoms with Crippen LogP contribution in [0.4, 0.5) is 0 Å². The van der Waals surface area contributed by atoms with Crippen molar-refractivity contribution in [1.29, 1.82) is 0 Å². The first-order chi connectivity index (χ1) is 6.86. The van der Waals surface area contributed by atoms with E-state index in [1.165, 1.54) is 0 Å². The van der Waals surface area contributed by atoms with Crippen molar-refractivity contribution in [2.45, 2.75) is 12.5 Å². The van der Waals surface area contributed by atoms with Crippen LogP contribution in [0, 0.1) is 0 Å². The van der Waals surface area contributed by atoms with Crippen molar-refractivity contribution < 1.29 is 9.84 Å². The molecule has 2 heteroatoms. The van der Waals surface area contributed by atoms with Crippen molar-refractivity contribution in [2.75, 3.05) is 13.2 Å². The maximum Gasteiger partial charge on any atom is 0.0797 e. The Kier molecular flexibility index (Phi) is 2.96. The van der Waals surface area contributed by atoms with E-state index in [9.17, 15) is 5.11 Å². The van der Waals surface area contributed by atoms with Gasteiger partial charge < -0.3 is 9.84 Å². The Hall–Kier alpha value is -1.12. The third-order valence-corrected chi connectivity index (χ3v) is 2.38. The predicted molar refractivity (Wildman–Crippen MR) is 55.9 cm³/mol. The molecule has 1 N–H and O–H groups in total. The first-order valence-electron chi connectivity index (χ1n) is 4.87. The summed E-state index contributed by atoms with van der Waals surface area (Å²) in [6, 6.07) is 10.0. The van der Waals surface area contributed by atoms with Crippen molar-refractivity contribution in [3.63, 3.8) is 0 Å². The normalized spacial score (nSPS) is 25.2. The van der Waals surface area contributed by atoms with E-state index in [2.05, 4.69) is 0 Å². The van der Waals surface area contributed by atoms with Gasteiger partial charge in [-0.15, -0.1) is 0 Å². The summed E-state index contributed by atoms with van der Waals surface area (Å²) in [5.41, 5.74) is 2.09. The summed E-state index contributed by atoms with van der Waals surface area (Å²) in [4.78, 5) is 0. The molecule has 1 heterocycles. The topological polar surface area (TPSA) is 29.5 Å². The van der Waals surface area contributed by atoms with E-state index in [0.717, 1.165) is 11.1 Å². The van der Waals surface area contributed by atoms with E-state index < -0.39 is 0 Å². The molecule has 0 amide bonds. The Morgan fingerprint density at radius 1 is 1.29 bits per heavy atom. The van der Waals surface area contributed by atoms with Crippen LogP contribution < -0.4 is 0 Å². The molecule has 0 aromatic heterocycles. The van der Waals surface area contributed by atoms with Gasteiger partial charge in [-0.05, 0) is 11.1 Å². The first kappa shape index (κ1) is 9.44. The molecule has 2 rings (SSSR count). The average molecular weight is 190 g/mol. The van der Waals surface area contributed by atoms with Gasteiger partial charge in [-0.2, -0.15) is 0 Å². The Morgan fingerprint density at radius 2 is 2.07 bits per heavy atom. The Bertz CT molecular complexity index is 316. The molecule has 0 bridgehead atoms. The zero-order valence-corrected chi connectivity index (χ0v) is 8.02. The van der Waals surface area contributed by atoms with Crippen molar-refractivity contribution in [3.05, 3.63) is 41.5 Å². The molecule has 74 valence electrons. The average Bonchev–Trinajstić information content (AvgIpc) is 2.23. The highest BCUT2D eigenvalue weighted by Crippen LogP contribution is 2.16. The number of aliphatic hydroxyl groups excluding tert-OH is 1. The van der Waals surface area contributed by atoms with Crippen LogP contribution in [0.15, 0.2) is 35.9 Å². The van der Waals surface area contributed by atoms with Gasteiger partial charge in [0.1, 0.15) is 0 Å². The summed E-state index contributed by atoms with van der Waals surface area (Å²) in [6.45, 7) is 1.21. The fourth-order valence-corrected chi connectivity index (χ4v) is 1.57. The van der Waals surface area contributed by atoms with Gasteiger partial charge in [0.2, 0.25) is 0 Å². The second-order valence-electron chi connectivity index (χ2n) is 3.49. The van der Waals surface area contributed by atoms with E-state index in [1.54, 1.807) is 0 Å². The van der Waals surface area contributed by atoms with Crippen LogP contribution in [0.5, 0.6) is 0 Å². The Balaban J connectivity index is 2.17. The predicted octanol–water partition coefficient (Wildman–Crippen LogP) is 1.85. The maximum atomic E-state index is 9.68. The van der Waals surface area contributed by atoms with Gasteiger partial charge in [0.25, 0.3) is 0 Å². The SMILES string of the molecule is OC1CCOC/C1=C/c1ccccc1. The van der Waals surface area contributed by atoms with E-state index in [4.69, 9.17) is 4.74 Å². The molecule has 1 saturated heterocycles. The number of hydrogen-bond acceptors (Lipinski definition) is 2. The second-order valence-corrected chi connectivity index (χ2v) is 3.49. The van der Waals surface area contributed by atoms with Crippen LogP contribution in [0.25, 0.3) is 6.08 Å². The minimum Gasteiger partial charge on any atom is -0.389 e. The molecule has 1 fully saturated rings. The van der Waals surface area contributed by atoms with Gasteiger partial charge >= 0.3 is 0 Å². The minimum atomic E-state index is -0.330. The summed E-state index contributed by atoms with van der Waals surface area (Å²) < 4.78 is 5.30. The fourth-order valence-electron chi connectivity index (χ4n) is 1.57. The van der Waals surface area contributed by atoms with E-state index in [-0.39, 0.29) is 6.10 Å². The highest BCUT2D eigenvalue weighted by Gasteiger charge is 2.15. The lowest BCUT2D eigenvalue weighted by atomic mass is 10.0. The standard InChI is InChI=1S/C12H14O2/c13-12-6-7-14-9-11(12)8-10-4-2-1-3-5-10/h1-5,8,12-13H,6-7,9H2/b11-8-. The minimum absolute atomic E-state index is 0.330. The second kappa shape index (κ2) is 4.40. The quantitative estimate of drug-likeness (QED) is 0.732. The monoisotopic (exact) mass is 190 g/mol. The number of rotatable bonds is 1. The van der Waals surface area contributed by atoms with Crippen LogP contribution in [0.1, 0.15) is 12.0 Å². The summed E-state index contributed by atoms with van der Waals surface area (Å²) in [7, 11) is 0. The molecule has 0 saturated carbocycles. The van der Waals surface area contributed by atoms with Crippen LogP contribution in [-0.4, -0.2) is 24.4 Å². The van der Waals surface area contributed by atoms with Crippen LogP contribution in [0.3, 0.4) is 0 Å². The van der Waals surface area contributed by atoms with Crippen LogP contribution >= 0.6 is 0 Å². The Morgan fingerprint density at radius 3 is 2.79 bits per heavy atom. The zero-order valence-electron chi connectivity index (χ0n) is 8.02. The van der Waals surface area contributed by atoms with Crippen LogP contribution in [-0.2, 0) is 4.74 Å². The highest BCUT2D eigenvalue weighted by atomic mass is 16.5. The highest BCUT2D eigenvalue weighted by molar-refractivity contribution is 5.54. The molecule has 14 heavy (non-hydrogen) atoms. The Labute approximate surface area is 83.8 Å². The van der Waals surface area contributed by atoms with Crippen molar-refractivity contribution in [1.82, 2.24) is 0 Å². The molecule has 2 nitrogen and oxygen atoms in total. The van der Waals surface area contributed by atoms with Gasteiger partial charge in [0, 0.05) is 13.0 Å². The molecular formula is C12H14O2. The third-order valence-electron chi connectivity index (χ3n) is 2.38. The van der Waals surface area contributed by atoms with Gasteiger partial charge in [0.15, 0.2) is 0 Å². The summed E-state index contributed by atoms with van der Waals surface area (Å²) in [6.07, 6.45) is 2.38. The number of benzene rings is 1. The molecule has 0 spiro atoms. The largest absolute Gasteiger partial charge is 0.389 e. The molecule has 0 radical (unpaired) electrons. The molecule has 0 aliphatic carbocycles. The maximum absolute atomic E-state index is 9.68. The summed E-state index contributed by atoms with van der Waals surface area (Å²) in [5.74, 6) is 0. The third kappa shape index (κ3) is 2.22. The lowest BCUT2D eigenvalue weighted by Crippen LogP contribution is -2.23. The van der Waals surface area contributed by atoms with Gasteiger partial charge in [-0.25, -0.2) is 0 Å². The van der Waals surface area contributed by atoms with E-state index in [0.29, 0.717) is 19.6 Å². The molecule has 1 aromatic rings. The van der Waals surface area contributed by atoms with Crippen molar-refractivity contribution in [3.8, 4) is 0 Å². The molecule has 1 atom stereocenters. The van der Waals surface area contributed by atoms with Crippen molar-refractivity contribution >= 4 is 6.08 Å². The molecular weight excluding hydrogens is 176 g/mol.